The maximum Gasteiger partial charge on any atom is 0.129 e. The molecule has 1 heterocycles. The van der Waals surface area contributed by atoms with E-state index in [1.165, 1.54) is 0 Å². The molecule has 6 heteroatoms. The van der Waals surface area contributed by atoms with Gasteiger partial charge in [-0.1, -0.05) is 0 Å². The van der Waals surface area contributed by atoms with Crippen LogP contribution < -0.4 is 10.1 Å². The van der Waals surface area contributed by atoms with Crippen LogP contribution in [-0.2, 0) is 0 Å². The van der Waals surface area contributed by atoms with Crippen molar-refractivity contribution in [3.05, 3.63) is 29.8 Å². The molecule has 0 aromatic heterocycles. The summed E-state index contributed by atoms with van der Waals surface area (Å²) in [6.07, 6.45) is -0.676. The zero-order valence-electron chi connectivity index (χ0n) is 10.6. The fraction of sp³-hybridized carbons (Fsp3) is 0.538. The number of rotatable bonds is 5. The van der Waals surface area contributed by atoms with Crippen molar-refractivity contribution in [3.63, 3.8) is 0 Å². The van der Waals surface area contributed by atoms with E-state index in [1.807, 2.05) is 0 Å². The first-order valence-corrected chi connectivity index (χ1v) is 6.33. The average Bonchev–Trinajstić information content (AvgIpc) is 2.36. The van der Waals surface area contributed by atoms with Crippen LogP contribution in [0.5, 0.6) is 5.75 Å². The zero-order chi connectivity index (χ0) is 13.7. The second-order valence-corrected chi connectivity index (χ2v) is 4.62. The molecule has 1 saturated heterocycles. The van der Waals surface area contributed by atoms with Crippen LogP contribution in [0.3, 0.4) is 0 Å². The predicted octanol–water partition coefficient (Wildman–Crippen LogP) is 0.610. The third kappa shape index (κ3) is 4.74. The molecule has 0 saturated carbocycles. The Balaban J connectivity index is 1.77. The van der Waals surface area contributed by atoms with Crippen molar-refractivity contribution in [2.24, 2.45) is 0 Å². The number of halogens is 2. The largest absolute Gasteiger partial charge is 0.491 e. The number of β-amino-alcohol motifs (C(OH)–C–C–N with tert-alkyl or cyclic N) is 1. The van der Waals surface area contributed by atoms with Crippen LogP contribution in [-0.4, -0.2) is 55.4 Å². The van der Waals surface area contributed by atoms with E-state index in [0.29, 0.717) is 6.54 Å². The van der Waals surface area contributed by atoms with Crippen molar-refractivity contribution in [3.8, 4) is 5.75 Å². The number of ether oxygens (including phenoxy) is 1. The van der Waals surface area contributed by atoms with Gasteiger partial charge >= 0.3 is 0 Å². The topological polar surface area (TPSA) is 44.7 Å². The number of hydrogen-bond donors (Lipinski definition) is 2. The highest BCUT2D eigenvalue weighted by molar-refractivity contribution is 5.23. The minimum Gasteiger partial charge on any atom is -0.491 e. The van der Waals surface area contributed by atoms with Crippen LogP contribution in [0.25, 0.3) is 0 Å². The molecular weight excluding hydrogens is 254 g/mol. The Morgan fingerprint density at radius 2 is 1.84 bits per heavy atom. The van der Waals surface area contributed by atoms with Crippen LogP contribution in [0.2, 0.25) is 0 Å². The molecule has 1 aliphatic heterocycles. The highest BCUT2D eigenvalue weighted by Gasteiger charge is 2.15. The number of nitrogens with one attached hydrogen (secondary N) is 1. The summed E-state index contributed by atoms with van der Waals surface area (Å²) in [5, 5.41) is 13.0. The van der Waals surface area contributed by atoms with Gasteiger partial charge in [0, 0.05) is 50.9 Å². The lowest BCUT2D eigenvalue weighted by molar-refractivity contribution is 0.0639. The lowest BCUT2D eigenvalue weighted by atomic mass is 10.3. The highest BCUT2D eigenvalue weighted by atomic mass is 19.1. The number of piperazine rings is 1. The van der Waals surface area contributed by atoms with E-state index in [0.717, 1.165) is 44.4 Å². The van der Waals surface area contributed by atoms with Crippen LogP contribution >= 0.6 is 0 Å². The van der Waals surface area contributed by atoms with Crippen LogP contribution in [0.15, 0.2) is 18.2 Å². The molecule has 0 radical (unpaired) electrons. The molecule has 1 unspecified atom stereocenters. The third-order valence-electron chi connectivity index (χ3n) is 2.96. The molecule has 1 aliphatic rings. The van der Waals surface area contributed by atoms with Gasteiger partial charge in [0.05, 0.1) is 0 Å². The summed E-state index contributed by atoms with van der Waals surface area (Å²) in [6, 6.07) is 2.98. The third-order valence-corrected chi connectivity index (χ3v) is 2.96. The summed E-state index contributed by atoms with van der Waals surface area (Å²) in [4.78, 5) is 2.12. The molecule has 0 spiro atoms. The summed E-state index contributed by atoms with van der Waals surface area (Å²) < 4.78 is 31.1. The van der Waals surface area contributed by atoms with Crippen LogP contribution in [0.4, 0.5) is 8.78 Å². The lowest BCUT2D eigenvalue weighted by Gasteiger charge is -2.28. The summed E-state index contributed by atoms with van der Waals surface area (Å²) in [5.74, 6) is -1.28. The van der Waals surface area contributed by atoms with Gasteiger partial charge in [0.2, 0.25) is 0 Å². The van der Waals surface area contributed by atoms with Crippen LogP contribution in [0.1, 0.15) is 0 Å². The van der Waals surface area contributed by atoms with Crippen molar-refractivity contribution >= 4 is 0 Å². The van der Waals surface area contributed by atoms with Crippen molar-refractivity contribution in [1.29, 1.82) is 0 Å². The van der Waals surface area contributed by atoms with Gasteiger partial charge in [-0.25, -0.2) is 8.78 Å². The minimum absolute atomic E-state index is 0.0207. The number of aliphatic hydroxyl groups is 1. The first-order valence-electron chi connectivity index (χ1n) is 6.33. The van der Waals surface area contributed by atoms with Crippen molar-refractivity contribution in [1.82, 2.24) is 10.2 Å². The van der Waals surface area contributed by atoms with E-state index in [4.69, 9.17) is 4.74 Å². The lowest BCUT2D eigenvalue weighted by Crippen LogP contribution is -2.47. The summed E-state index contributed by atoms with van der Waals surface area (Å²) in [6.45, 7) is 4.09. The smallest absolute Gasteiger partial charge is 0.129 e. The van der Waals surface area contributed by atoms with Gasteiger partial charge in [0.15, 0.2) is 0 Å². The maximum atomic E-state index is 12.9. The van der Waals surface area contributed by atoms with Gasteiger partial charge < -0.3 is 15.2 Å². The van der Waals surface area contributed by atoms with E-state index >= 15 is 0 Å². The Labute approximate surface area is 111 Å². The van der Waals surface area contributed by atoms with E-state index in [2.05, 4.69) is 10.2 Å². The van der Waals surface area contributed by atoms with E-state index in [1.54, 1.807) is 0 Å². The highest BCUT2D eigenvalue weighted by Crippen LogP contribution is 2.15. The van der Waals surface area contributed by atoms with Gasteiger partial charge in [-0.2, -0.15) is 0 Å². The van der Waals surface area contributed by atoms with Gasteiger partial charge in [0.25, 0.3) is 0 Å². The second-order valence-electron chi connectivity index (χ2n) is 4.62. The molecule has 2 N–H and O–H groups in total. The number of hydrogen-bond acceptors (Lipinski definition) is 4. The Hall–Kier alpha value is -1.24. The molecule has 0 amide bonds. The molecule has 1 atom stereocenters. The van der Waals surface area contributed by atoms with E-state index in [9.17, 15) is 13.9 Å². The van der Waals surface area contributed by atoms with Crippen LogP contribution in [0, 0.1) is 11.6 Å². The Morgan fingerprint density at radius 1 is 1.21 bits per heavy atom. The monoisotopic (exact) mass is 272 g/mol. The molecule has 106 valence electrons. The number of nitrogens with zero attached hydrogens (tertiary/aromatic N) is 1. The molecule has 1 aromatic rings. The van der Waals surface area contributed by atoms with E-state index in [-0.39, 0.29) is 12.4 Å². The van der Waals surface area contributed by atoms with Crippen molar-refractivity contribution in [2.45, 2.75) is 6.10 Å². The molecule has 1 fully saturated rings. The fourth-order valence-electron chi connectivity index (χ4n) is 2.05. The average molecular weight is 272 g/mol. The zero-order valence-corrected chi connectivity index (χ0v) is 10.6. The van der Waals surface area contributed by atoms with Crippen molar-refractivity contribution < 1.29 is 18.6 Å². The van der Waals surface area contributed by atoms with Gasteiger partial charge in [0.1, 0.15) is 30.1 Å². The number of benzene rings is 1. The summed E-state index contributed by atoms with van der Waals surface area (Å²) in [7, 11) is 0. The normalized spacial score (nSPS) is 18.3. The first-order chi connectivity index (χ1) is 9.13. The molecule has 4 nitrogen and oxygen atoms in total. The molecule has 0 aliphatic carbocycles. The van der Waals surface area contributed by atoms with E-state index < -0.39 is 17.7 Å². The summed E-state index contributed by atoms with van der Waals surface area (Å²) >= 11 is 0. The standard InChI is InChI=1S/C13H18F2N2O2/c14-10-5-11(15)7-13(6-10)19-9-12(18)8-17-3-1-16-2-4-17/h5-7,12,16,18H,1-4,8-9H2. The Kier molecular flexibility index (Phi) is 5.07. The maximum absolute atomic E-state index is 12.9. The van der Waals surface area contributed by atoms with Gasteiger partial charge in [-0.3, -0.25) is 4.90 Å². The summed E-state index contributed by atoms with van der Waals surface area (Å²) in [5.41, 5.74) is 0. The van der Waals surface area contributed by atoms with Crippen molar-refractivity contribution in [2.75, 3.05) is 39.3 Å². The number of aliphatic hydroxyl groups excluding tert-OH is 1. The first kappa shape index (κ1) is 14.2. The molecule has 19 heavy (non-hydrogen) atoms. The Morgan fingerprint density at radius 3 is 2.47 bits per heavy atom. The fourth-order valence-corrected chi connectivity index (χ4v) is 2.05. The van der Waals surface area contributed by atoms with Gasteiger partial charge in [-0.05, 0) is 0 Å². The molecule has 1 aromatic carbocycles. The Bertz CT molecular complexity index is 391. The minimum atomic E-state index is -0.688. The molecule has 2 rings (SSSR count). The molecule has 0 bridgehead atoms. The second kappa shape index (κ2) is 6.79. The van der Waals surface area contributed by atoms with Gasteiger partial charge in [-0.15, -0.1) is 0 Å². The predicted molar refractivity (Wildman–Crippen MR) is 67.2 cm³/mol. The quantitative estimate of drug-likeness (QED) is 0.824. The SMILES string of the molecule is OC(COc1cc(F)cc(F)c1)CN1CCNCC1. The molecular formula is C13H18F2N2O2.